The van der Waals surface area contributed by atoms with Gasteiger partial charge in [0, 0.05) is 29.7 Å². The van der Waals surface area contributed by atoms with Gasteiger partial charge in [-0.05, 0) is 38.5 Å². The fourth-order valence-corrected chi connectivity index (χ4v) is 2.06. The van der Waals surface area contributed by atoms with E-state index in [4.69, 9.17) is 5.73 Å². The van der Waals surface area contributed by atoms with E-state index >= 15 is 0 Å². The molecule has 0 saturated heterocycles. The number of nitrogens with zero attached hydrogens (tertiary/aromatic N) is 1. The van der Waals surface area contributed by atoms with Crippen molar-refractivity contribution in [3.8, 4) is 5.75 Å². The quantitative estimate of drug-likeness (QED) is 0.814. The van der Waals surface area contributed by atoms with E-state index in [9.17, 15) is 5.11 Å². The molecule has 3 nitrogen and oxygen atoms in total. The van der Waals surface area contributed by atoms with E-state index in [0.29, 0.717) is 11.8 Å². The maximum absolute atomic E-state index is 9.54. The van der Waals surface area contributed by atoms with Crippen molar-refractivity contribution < 1.29 is 5.11 Å². The van der Waals surface area contributed by atoms with Gasteiger partial charge in [-0.15, -0.1) is 0 Å². The Morgan fingerprint density at radius 2 is 1.94 bits per heavy atom. The molecule has 2 aromatic rings. The second kappa shape index (κ2) is 3.83. The van der Waals surface area contributed by atoms with E-state index in [1.54, 1.807) is 12.1 Å². The summed E-state index contributed by atoms with van der Waals surface area (Å²) in [5.74, 6) is 0.295. The van der Waals surface area contributed by atoms with Crippen LogP contribution in [0.3, 0.4) is 0 Å². The third-order valence-corrected chi connectivity index (χ3v) is 2.90. The first-order valence-electron chi connectivity index (χ1n) is 5.59. The van der Waals surface area contributed by atoms with E-state index in [1.165, 1.54) is 0 Å². The number of phenols is 1. The summed E-state index contributed by atoms with van der Waals surface area (Å²) in [4.78, 5) is 0. The average molecular weight is 218 g/mol. The van der Waals surface area contributed by atoms with Crippen LogP contribution in [0.15, 0.2) is 24.4 Å². The average Bonchev–Trinajstić information content (AvgIpc) is 2.56. The third-order valence-electron chi connectivity index (χ3n) is 2.90. The molecule has 1 heterocycles. The number of aromatic hydroxyl groups is 1. The van der Waals surface area contributed by atoms with Crippen LogP contribution >= 0.6 is 0 Å². The first-order chi connectivity index (χ1) is 7.50. The molecule has 86 valence electrons. The fraction of sp³-hybridized carbons (Fsp3) is 0.385. The number of nitrogens with two attached hydrogens (primary N) is 1. The van der Waals surface area contributed by atoms with Gasteiger partial charge in [-0.3, -0.25) is 0 Å². The van der Waals surface area contributed by atoms with Gasteiger partial charge in [0.15, 0.2) is 0 Å². The third kappa shape index (κ3) is 1.67. The number of aromatic nitrogens is 1. The van der Waals surface area contributed by atoms with Gasteiger partial charge in [0.25, 0.3) is 0 Å². The lowest BCUT2D eigenvalue weighted by Gasteiger charge is -2.08. The minimum absolute atomic E-state index is 0.00652. The van der Waals surface area contributed by atoms with Crippen LogP contribution in [0.4, 0.5) is 0 Å². The molecule has 16 heavy (non-hydrogen) atoms. The minimum Gasteiger partial charge on any atom is -0.508 e. The number of benzene rings is 1. The Morgan fingerprint density at radius 1 is 1.25 bits per heavy atom. The molecule has 0 spiro atoms. The molecule has 0 aliphatic carbocycles. The van der Waals surface area contributed by atoms with Crippen LogP contribution in [-0.2, 0) is 0 Å². The van der Waals surface area contributed by atoms with Crippen molar-refractivity contribution in [2.24, 2.45) is 5.73 Å². The first-order valence-corrected chi connectivity index (χ1v) is 5.59. The van der Waals surface area contributed by atoms with Gasteiger partial charge >= 0.3 is 0 Å². The summed E-state index contributed by atoms with van der Waals surface area (Å²) in [6, 6.07) is 5.80. The molecule has 0 aliphatic heterocycles. The smallest absolute Gasteiger partial charge is 0.117 e. The van der Waals surface area contributed by atoms with Crippen LogP contribution < -0.4 is 5.73 Å². The molecule has 3 N–H and O–H groups in total. The van der Waals surface area contributed by atoms with Gasteiger partial charge in [-0.1, -0.05) is 0 Å². The molecule has 0 bridgehead atoms. The molecule has 2 rings (SSSR count). The number of rotatable bonds is 2. The molecule has 0 fully saturated rings. The van der Waals surface area contributed by atoms with Crippen molar-refractivity contribution in [2.45, 2.75) is 32.9 Å². The molecule has 0 aliphatic rings. The number of phenolic OH excluding ortho intramolecular Hbond substituents is 1. The normalized spacial score (nSPS) is 13.6. The predicted octanol–water partition coefficient (Wildman–Crippen LogP) is 2.95. The Morgan fingerprint density at radius 3 is 2.50 bits per heavy atom. The van der Waals surface area contributed by atoms with Crippen molar-refractivity contribution in [1.82, 2.24) is 4.57 Å². The summed E-state index contributed by atoms with van der Waals surface area (Å²) in [5, 5.41) is 10.7. The lowest BCUT2D eigenvalue weighted by molar-refractivity contribution is 0.475. The topological polar surface area (TPSA) is 51.2 Å². The Bertz CT molecular complexity index is 512. The zero-order valence-electron chi connectivity index (χ0n) is 9.94. The highest BCUT2D eigenvalue weighted by Gasteiger charge is 2.13. The molecule has 0 radical (unpaired) electrons. The molecule has 1 atom stereocenters. The number of hydrogen-bond donors (Lipinski definition) is 2. The van der Waals surface area contributed by atoms with Gasteiger partial charge in [0.1, 0.15) is 5.75 Å². The van der Waals surface area contributed by atoms with Crippen molar-refractivity contribution >= 4 is 10.9 Å². The van der Waals surface area contributed by atoms with Gasteiger partial charge < -0.3 is 15.4 Å². The molecule has 1 aromatic carbocycles. The second-order valence-corrected chi connectivity index (χ2v) is 4.58. The van der Waals surface area contributed by atoms with E-state index in [0.717, 1.165) is 16.5 Å². The molecule has 0 amide bonds. The first kappa shape index (κ1) is 11.0. The lowest BCUT2D eigenvalue weighted by Crippen LogP contribution is -2.04. The molecule has 1 aromatic heterocycles. The monoisotopic (exact) mass is 218 g/mol. The Hall–Kier alpha value is -1.48. The highest BCUT2D eigenvalue weighted by atomic mass is 16.3. The van der Waals surface area contributed by atoms with Crippen LogP contribution in [0, 0.1) is 0 Å². The van der Waals surface area contributed by atoms with E-state index in [1.807, 2.05) is 13.0 Å². The molecular formula is C13H18N2O. The minimum atomic E-state index is 0.00652. The number of fused-ring (bicyclic) bond motifs is 1. The van der Waals surface area contributed by atoms with Crippen LogP contribution in [-0.4, -0.2) is 9.67 Å². The standard InChI is InChI=1S/C13H18N2O/c1-8(2)15-7-12(9(3)14)11-5-4-10(16)6-13(11)15/h4-9,16H,14H2,1-3H3. The van der Waals surface area contributed by atoms with E-state index < -0.39 is 0 Å². The number of hydrogen-bond acceptors (Lipinski definition) is 2. The lowest BCUT2D eigenvalue weighted by atomic mass is 10.1. The largest absolute Gasteiger partial charge is 0.508 e. The SMILES string of the molecule is CC(N)c1cn(C(C)C)c2cc(O)ccc12. The van der Waals surface area contributed by atoms with E-state index in [2.05, 4.69) is 24.6 Å². The Kier molecular flexibility index (Phi) is 2.64. The molecule has 0 saturated carbocycles. The maximum atomic E-state index is 9.54. The van der Waals surface area contributed by atoms with Crippen molar-refractivity contribution in [3.63, 3.8) is 0 Å². The van der Waals surface area contributed by atoms with E-state index in [-0.39, 0.29) is 6.04 Å². The zero-order valence-corrected chi connectivity index (χ0v) is 9.94. The summed E-state index contributed by atoms with van der Waals surface area (Å²) in [5.41, 5.74) is 8.13. The summed E-state index contributed by atoms with van der Waals surface area (Å²) < 4.78 is 2.15. The summed E-state index contributed by atoms with van der Waals surface area (Å²) in [7, 11) is 0. The van der Waals surface area contributed by atoms with Crippen LogP contribution in [0.25, 0.3) is 10.9 Å². The zero-order chi connectivity index (χ0) is 11.9. The van der Waals surface area contributed by atoms with Gasteiger partial charge in [0.05, 0.1) is 5.52 Å². The van der Waals surface area contributed by atoms with Gasteiger partial charge in [-0.2, -0.15) is 0 Å². The predicted molar refractivity (Wildman–Crippen MR) is 66.6 cm³/mol. The van der Waals surface area contributed by atoms with Crippen molar-refractivity contribution in [3.05, 3.63) is 30.0 Å². The van der Waals surface area contributed by atoms with Gasteiger partial charge in [-0.25, -0.2) is 0 Å². The highest BCUT2D eigenvalue weighted by Crippen LogP contribution is 2.30. The molecule has 1 unspecified atom stereocenters. The summed E-state index contributed by atoms with van der Waals surface area (Å²) >= 11 is 0. The fourth-order valence-electron chi connectivity index (χ4n) is 2.06. The van der Waals surface area contributed by atoms with Crippen molar-refractivity contribution in [2.75, 3.05) is 0 Å². The van der Waals surface area contributed by atoms with Crippen molar-refractivity contribution in [1.29, 1.82) is 0 Å². The van der Waals surface area contributed by atoms with Crippen LogP contribution in [0.1, 0.15) is 38.4 Å². The van der Waals surface area contributed by atoms with Gasteiger partial charge in [0.2, 0.25) is 0 Å². The summed E-state index contributed by atoms with van der Waals surface area (Å²) in [6.45, 7) is 6.22. The van der Waals surface area contributed by atoms with Crippen LogP contribution in [0.5, 0.6) is 5.75 Å². The molecular weight excluding hydrogens is 200 g/mol. The Labute approximate surface area is 95.5 Å². The Balaban J connectivity index is 2.76. The maximum Gasteiger partial charge on any atom is 0.117 e. The molecule has 3 heteroatoms. The van der Waals surface area contributed by atoms with Crippen LogP contribution in [0.2, 0.25) is 0 Å². The summed E-state index contributed by atoms with van der Waals surface area (Å²) in [6.07, 6.45) is 2.08. The highest BCUT2D eigenvalue weighted by molar-refractivity contribution is 5.85. The second-order valence-electron chi connectivity index (χ2n) is 4.58.